The monoisotopic (exact) mass is 326 g/mol. The molecule has 0 aliphatic carbocycles. The van der Waals surface area contributed by atoms with E-state index < -0.39 is 0 Å². The highest BCUT2D eigenvalue weighted by Crippen LogP contribution is 2.28. The fourth-order valence-electron chi connectivity index (χ4n) is 2.30. The van der Waals surface area contributed by atoms with E-state index in [1.807, 2.05) is 76.2 Å². The molecule has 2 aromatic carbocycles. The molecule has 4 nitrogen and oxygen atoms in total. The van der Waals surface area contributed by atoms with Crippen molar-refractivity contribution in [2.24, 2.45) is 5.92 Å². The van der Waals surface area contributed by atoms with Gasteiger partial charge in [-0.2, -0.15) is 0 Å². The van der Waals surface area contributed by atoms with Crippen LogP contribution in [0.15, 0.2) is 48.5 Å². The largest absolute Gasteiger partial charge is 0.489 e. The molecule has 0 aliphatic rings. The lowest BCUT2D eigenvalue weighted by atomic mass is 10.1. The summed E-state index contributed by atoms with van der Waals surface area (Å²) in [5.74, 6) is 1.21. The van der Waals surface area contributed by atoms with Crippen LogP contribution in [0.3, 0.4) is 0 Å². The molecule has 0 atom stereocenters. The van der Waals surface area contributed by atoms with Crippen LogP contribution in [0.5, 0.6) is 5.75 Å². The second-order valence-corrected chi connectivity index (χ2v) is 6.51. The van der Waals surface area contributed by atoms with Gasteiger partial charge in [-0.3, -0.25) is 4.79 Å². The molecule has 2 N–H and O–H groups in total. The number of rotatable bonds is 7. The molecular formula is C20H26N2O2. The predicted octanol–water partition coefficient (Wildman–Crippen LogP) is 5.20. The van der Waals surface area contributed by atoms with Crippen molar-refractivity contribution in [3.05, 3.63) is 48.5 Å². The van der Waals surface area contributed by atoms with Gasteiger partial charge in [-0.05, 0) is 56.2 Å². The van der Waals surface area contributed by atoms with E-state index in [1.54, 1.807) is 0 Å². The topological polar surface area (TPSA) is 50.4 Å². The Bertz CT molecular complexity index is 664. The van der Waals surface area contributed by atoms with Crippen LogP contribution in [0.1, 0.15) is 34.1 Å². The molecular weight excluding hydrogens is 300 g/mol. The van der Waals surface area contributed by atoms with Crippen molar-refractivity contribution in [3.63, 3.8) is 0 Å². The molecule has 0 bridgehead atoms. The number of para-hydroxylation sites is 2. The summed E-state index contributed by atoms with van der Waals surface area (Å²) in [6.07, 6.45) is 0.645. The number of benzene rings is 2. The SMILES string of the molecule is CC(C)CC(=O)Nc1ccc(Nc2ccccc2OC(C)C)cc1. The first-order chi connectivity index (χ1) is 11.4. The van der Waals surface area contributed by atoms with Crippen molar-refractivity contribution < 1.29 is 9.53 Å². The van der Waals surface area contributed by atoms with E-state index in [0.29, 0.717) is 12.3 Å². The Morgan fingerprint density at radius 1 is 0.958 bits per heavy atom. The maximum absolute atomic E-state index is 11.8. The lowest BCUT2D eigenvalue weighted by Gasteiger charge is -2.15. The van der Waals surface area contributed by atoms with Gasteiger partial charge in [0.2, 0.25) is 5.91 Å². The number of carbonyl (C=O) groups is 1. The first kappa shape index (κ1) is 17.9. The van der Waals surface area contributed by atoms with E-state index in [1.165, 1.54) is 0 Å². The highest BCUT2D eigenvalue weighted by Gasteiger charge is 2.07. The van der Waals surface area contributed by atoms with Crippen molar-refractivity contribution in [1.82, 2.24) is 0 Å². The number of nitrogens with one attached hydrogen (secondary N) is 2. The molecule has 0 aliphatic heterocycles. The Hall–Kier alpha value is -2.49. The Morgan fingerprint density at radius 3 is 2.21 bits per heavy atom. The average Bonchev–Trinajstić information content (AvgIpc) is 2.50. The lowest BCUT2D eigenvalue weighted by molar-refractivity contribution is -0.116. The van der Waals surface area contributed by atoms with Crippen LogP contribution in [-0.4, -0.2) is 12.0 Å². The minimum Gasteiger partial charge on any atom is -0.489 e. The molecule has 128 valence electrons. The van der Waals surface area contributed by atoms with Gasteiger partial charge in [-0.15, -0.1) is 0 Å². The van der Waals surface area contributed by atoms with Crippen LogP contribution < -0.4 is 15.4 Å². The average molecular weight is 326 g/mol. The normalized spacial score (nSPS) is 10.8. The zero-order valence-corrected chi connectivity index (χ0v) is 14.8. The maximum Gasteiger partial charge on any atom is 0.224 e. The summed E-state index contributed by atoms with van der Waals surface area (Å²) >= 11 is 0. The van der Waals surface area contributed by atoms with E-state index in [9.17, 15) is 4.79 Å². The van der Waals surface area contributed by atoms with Gasteiger partial charge in [0.05, 0.1) is 11.8 Å². The number of ether oxygens (including phenoxy) is 1. The summed E-state index contributed by atoms with van der Waals surface area (Å²) in [7, 11) is 0. The van der Waals surface area contributed by atoms with Crippen LogP contribution in [0.4, 0.5) is 17.1 Å². The zero-order chi connectivity index (χ0) is 17.5. The molecule has 0 spiro atoms. The minimum atomic E-state index is 0.0430. The summed E-state index contributed by atoms with van der Waals surface area (Å²) < 4.78 is 5.81. The summed E-state index contributed by atoms with van der Waals surface area (Å²) in [4.78, 5) is 11.8. The summed E-state index contributed by atoms with van der Waals surface area (Å²) in [6.45, 7) is 8.07. The predicted molar refractivity (Wildman–Crippen MR) is 100 cm³/mol. The Morgan fingerprint density at radius 2 is 1.58 bits per heavy atom. The van der Waals surface area contributed by atoms with E-state index in [0.717, 1.165) is 22.8 Å². The summed E-state index contributed by atoms with van der Waals surface area (Å²) in [6, 6.07) is 15.5. The van der Waals surface area contributed by atoms with Crippen molar-refractivity contribution in [1.29, 1.82) is 0 Å². The van der Waals surface area contributed by atoms with Crippen LogP contribution in [0.2, 0.25) is 0 Å². The molecule has 0 saturated carbocycles. The van der Waals surface area contributed by atoms with Crippen LogP contribution in [0, 0.1) is 5.92 Å². The van der Waals surface area contributed by atoms with Crippen molar-refractivity contribution >= 4 is 23.0 Å². The highest BCUT2D eigenvalue weighted by atomic mass is 16.5. The standard InChI is InChI=1S/C20H26N2O2/c1-14(2)13-20(23)22-17-11-9-16(10-12-17)21-18-7-5-6-8-19(18)24-15(3)4/h5-12,14-15,21H,13H2,1-4H3,(H,22,23). The third kappa shape index (κ3) is 5.61. The Balaban J connectivity index is 2.03. The first-order valence-corrected chi connectivity index (χ1v) is 8.36. The highest BCUT2D eigenvalue weighted by molar-refractivity contribution is 5.91. The van der Waals surface area contributed by atoms with E-state index >= 15 is 0 Å². The molecule has 0 heterocycles. The van der Waals surface area contributed by atoms with Crippen LogP contribution >= 0.6 is 0 Å². The van der Waals surface area contributed by atoms with E-state index in [2.05, 4.69) is 10.6 Å². The van der Waals surface area contributed by atoms with Gasteiger partial charge < -0.3 is 15.4 Å². The van der Waals surface area contributed by atoms with Crippen LogP contribution in [0.25, 0.3) is 0 Å². The molecule has 0 saturated heterocycles. The number of anilines is 3. The molecule has 0 radical (unpaired) electrons. The number of hydrogen-bond acceptors (Lipinski definition) is 3. The third-order valence-corrected chi connectivity index (χ3v) is 3.29. The maximum atomic E-state index is 11.8. The third-order valence-electron chi connectivity index (χ3n) is 3.29. The second kappa shape index (κ2) is 8.39. The van der Waals surface area contributed by atoms with Crippen molar-refractivity contribution in [2.75, 3.05) is 10.6 Å². The first-order valence-electron chi connectivity index (χ1n) is 8.36. The van der Waals surface area contributed by atoms with Crippen molar-refractivity contribution in [2.45, 2.75) is 40.2 Å². The second-order valence-electron chi connectivity index (χ2n) is 6.51. The molecule has 0 unspecified atom stereocenters. The van der Waals surface area contributed by atoms with Gasteiger partial charge in [0.1, 0.15) is 5.75 Å². The zero-order valence-electron chi connectivity index (χ0n) is 14.8. The van der Waals surface area contributed by atoms with Gasteiger partial charge >= 0.3 is 0 Å². The van der Waals surface area contributed by atoms with Crippen molar-refractivity contribution in [3.8, 4) is 5.75 Å². The molecule has 0 fully saturated rings. The Labute approximate surface area is 144 Å². The van der Waals surface area contributed by atoms with E-state index in [4.69, 9.17) is 4.74 Å². The smallest absolute Gasteiger partial charge is 0.224 e. The molecule has 1 amide bonds. The van der Waals surface area contributed by atoms with Gasteiger partial charge in [-0.1, -0.05) is 26.0 Å². The Kier molecular flexibility index (Phi) is 6.24. The van der Waals surface area contributed by atoms with E-state index in [-0.39, 0.29) is 12.0 Å². The molecule has 24 heavy (non-hydrogen) atoms. The van der Waals surface area contributed by atoms with Crippen LogP contribution in [-0.2, 0) is 4.79 Å². The number of amides is 1. The fourth-order valence-corrected chi connectivity index (χ4v) is 2.30. The summed E-state index contributed by atoms with van der Waals surface area (Å²) in [5, 5.41) is 6.26. The number of carbonyl (C=O) groups excluding carboxylic acids is 1. The van der Waals surface area contributed by atoms with Gasteiger partial charge in [-0.25, -0.2) is 0 Å². The minimum absolute atomic E-state index is 0.0430. The fraction of sp³-hybridized carbons (Fsp3) is 0.350. The molecule has 4 heteroatoms. The quantitative estimate of drug-likeness (QED) is 0.735. The molecule has 2 aromatic rings. The summed E-state index contributed by atoms with van der Waals surface area (Å²) in [5.41, 5.74) is 2.66. The lowest BCUT2D eigenvalue weighted by Crippen LogP contribution is -2.13. The van der Waals surface area contributed by atoms with Gasteiger partial charge in [0, 0.05) is 17.8 Å². The number of hydrogen-bond donors (Lipinski definition) is 2. The van der Waals surface area contributed by atoms with Gasteiger partial charge in [0.25, 0.3) is 0 Å². The van der Waals surface area contributed by atoms with Gasteiger partial charge in [0.15, 0.2) is 0 Å². The molecule has 0 aromatic heterocycles. The molecule has 2 rings (SSSR count).